The van der Waals surface area contributed by atoms with E-state index in [0.717, 1.165) is 11.8 Å². The quantitative estimate of drug-likeness (QED) is 0.550. The molecule has 1 aliphatic rings. The van der Waals surface area contributed by atoms with Crippen molar-refractivity contribution in [3.8, 4) is 0 Å². The number of nitrogens with zero attached hydrogens (tertiary/aromatic N) is 4. The average molecular weight is 421 g/mol. The van der Waals surface area contributed by atoms with Crippen molar-refractivity contribution in [3.63, 3.8) is 0 Å². The van der Waals surface area contributed by atoms with Crippen LogP contribution < -0.4 is 10.2 Å². The summed E-state index contributed by atoms with van der Waals surface area (Å²) in [5.74, 6) is 0.362. The number of anilines is 2. The average Bonchev–Trinajstić information content (AvgIpc) is 2.64. The van der Waals surface area contributed by atoms with E-state index in [1.54, 1.807) is 12.1 Å². The Kier molecular flexibility index (Phi) is 5.99. The van der Waals surface area contributed by atoms with Crippen molar-refractivity contribution < 1.29 is 18.1 Å². The number of nitrogens with one attached hydrogen (secondary N) is 1. The molecule has 29 heavy (non-hydrogen) atoms. The van der Waals surface area contributed by atoms with E-state index >= 15 is 0 Å². The highest BCUT2D eigenvalue weighted by atomic mass is 32.2. The van der Waals surface area contributed by atoms with Crippen LogP contribution in [-0.2, 0) is 21.1 Å². The smallest absolute Gasteiger partial charge is 0.353 e. The zero-order valence-corrected chi connectivity index (χ0v) is 17.2. The van der Waals surface area contributed by atoms with Crippen molar-refractivity contribution in [1.82, 2.24) is 9.97 Å². The molecule has 3 rings (SSSR count). The first-order chi connectivity index (χ1) is 13.6. The Balaban J connectivity index is 1.83. The van der Waals surface area contributed by atoms with Crippen LogP contribution in [0, 0.1) is 10.1 Å². The van der Waals surface area contributed by atoms with Gasteiger partial charge in [0.1, 0.15) is 6.33 Å². The molecule has 0 amide bonds. The van der Waals surface area contributed by atoms with Gasteiger partial charge in [0.15, 0.2) is 9.84 Å². The Morgan fingerprint density at radius 1 is 1.21 bits per heavy atom. The Bertz CT molecular complexity index is 986. The number of nitro groups is 1. The van der Waals surface area contributed by atoms with Gasteiger partial charge in [-0.05, 0) is 31.5 Å². The molecule has 2 unspecified atom stereocenters. The molecular weight excluding hydrogens is 398 g/mol. The Labute approximate surface area is 169 Å². The lowest BCUT2D eigenvalue weighted by Gasteiger charge is -2.35. The van der Waals surface area contributed by atoms with Crippen molar-refractivity contribution >= 4 is 27.2 Å². The minimum absolute atomic E-state index is 0.0712. The van der Waals surface area contributed by atoms with Crippen molar-refractivity contribution in [1.29, 1.82) is 0 Å². The fourth-order valence-electron chi connectivity index (χ4n) is 3.29. The van der Waals surface area contributed by atoms with Gasteiger partial charge in [-0.15, -0.1) is 0 Å². The monoisotopic (exact) mass is 421 g/mol. The van der Waals surface area contributed by atoms with Crippen LogP contribution in [0.4, 0.5) is 17.3 Å². The van der Waals surface area contributed by atoms with Crippen LogP contribution >= 0.6 is 0 Å². The molecule has 10 nitrogen and oxygen atoms in total. The number of sulfone groups is 1. The first kappa shape index (κ1) is 20.9. The van der Waals surface area contributed by atoms with E-state index in [2.05, 4.69) is 15.3 Å². The third-order valence-corrected chi connectivity index (χ3v) is 5.64. The summed E-state index contributed by atoms with van der Waals surface area (Å²) in [5.41, 5.74) is 0.571. The molecule has 2 atom stereocenters. The third kappa shape index (κ3) is 4.98. The van der Waals surface area contributed by atoms with Crippen molar-refractivity contribution in [3.05, 3.63) is 46.3 Å². The molecule has 156 valence electrons. The molecule has 0 aliphatic carbocycles. The number of ether oxygens (including phenoxy) is 1. The largest absolute Gasteiger partial charge is 0.372 e. The van der Waals surface area contributed by atoms with E-state index in [4.69, 9.17) is 4.74 Å². The van der Waals surface area contributed by atoms with Crippen LogP contribution in [0.5, 0.6) is 0 Å². The molecule has 0 radical (unpaired) electrons. The molecule has 1 N–H and O–H groups in total. The summed E-state index contributed by atoms with van der Waals surface area (Å²) < 4.78 is 28.8. The fraction of sp³-hybridized carbons (Fsp3) is 0.444. The fourth-order valence-corrected chi connectivity index (χ4v) is 3.92. The van der Waals surface area contributed by atoms with Gasteiger partial charge in [0.05, 0.1) is 22.0 Å². The molecule has 11 heteroatoms. The Morgan fingerprint density at radius 3 is 2.38 bits per heavy atom. The van der Waals surface area contributed by atoms with Gasteiger partial charge in [-0.25, -0.2) is 18.4 Å². The molecule has 0 spiro atoms. The molecular formula is C18H23N5O5S. The second-order valence-electron chi connectivity index (χ2n) is 7.08. The number of aromatic nitrogens is 2. The second-order valence-corrected chi connectivity index (χ2v) is 9.10. The SMILES string of the molecule is CC1CN(c2ncnc(NCc3ccc(S(C)(=O)=O)cc3)c2[N+](=O)[O-])CC(C)O1. The summed E-state index contributed by atoms with van der Waals surface area (Å²) >= 11 is 0. The lowest BCUT2D eigenvalue weighted by Crippen LogP contribution is -2.46. The lowest BCUT2D eigenvalue weighted by atomic mass is 10.2. The normalized spacial score (nSPS) is 19.8. The highest BCUT2D eigenvalue weighted by molar-refractivity contribution is 7.90. The molecule has 1 aromatic heterocycles. The van der Waals surface area contributed by atoms with Crippen LogP contribution in [-0.4, -0.2) is 54.9 Å². The van der Waals surface area contributed by atoms with Gasteiger partial charge >= 0.3 is 5.69 Å². The van der Waals surface area contributed by atoms with Crippen LogP contribution in [0.2, 0.25) is 0 Å². The minimum Gasteiger partial charge on any atom is -0.372 e. The van der Waals surface area contributed by atoms with Crippen LogP contribution in [0.15, 0.2) is 35.5 Å². The maximum Gasteiger partial charge on any atom is 0.353 e. The van der Waals surface area contributed by atoms with Crippen molar-refractivity contribution in [2.45, 2.75) is 37.5 Å². The van der Waals surface area contributed by atoms with E-state index in [0.29, 0.717) is 13.1 Å². The summed E-state index contributed by atoms with van der Waals surface area (Å²) in [5, 5.41) is 14.7. The summed E-state index contributed by atoms with van der Waals surface area (Å²) in [6.45, 7) is 5.06. The van der Waals surface area contributed by atoms with Crippen LogP contribution in [0.3, 0.4) is 0 Å². The van der Waals surface area contributed by atoms with Gasteiger partial charge < -0.3 is 15.0 Å². The van der Waals surface area contributed by atoms with E-state index in [1.165, 1.54) is 18.5 Å². The van der Waals surface area contributed by atoms with Crippen LogP contribution in [0.1, 0.15) is 19.4 Å². The first-order valence-corrected chi connectivity index (χ1v) is 11.0. The van der Waals surface area contributed by atoms with E-state index < -0.39 is 14.8 Å². The highest BCUT2D eigenvalue weighted by Crippen LogP contribution is 2.33. The topological polar surface area (TPSA) is 128 Å². The maximum absolute atomic E-state index is 11.8. The standard InChI is InChI=1S/C18H23N5O5S/c1-12-9-22(10-13(2)28-12)18-16(23(24)25)17(20-11-21-18)19-8-14-4-6-15(7-5-14)29(3,26)27/h4-7,11-13H,8-10H2,1-3H3,(H,19,20,21). The zero-order chi connectivity index (χ0) is 21.2. The maximum atomic E-state index is 11.8. The molecule has 1 fully saturated rings. The first-order valence-electron chi connectivity index (χ1n) is 9.08. The molecule has 2 aromatic rings. The van der Waals surface area contributed by atoms with Crippen molar-refractivity contribution in [2.24, 2.45) is 0 Å². The molecule has 1 aromatic carbocycles. The van der Waals surface area contributed by atoms with E-state index in [9.17, 15) is 18.5 Å². The Hall–Kier alpha value is -2.79. The predicted octanol–water partition coefficient (Wildman–Crippen LogP) is 2.01. The highest BCUT2D eigenvalue weighted by Gasteiger charge is 2.31. The van der Waals surface area contributed by atoms with Gasteiger partial charge in [0, 0.05) is 25.9 Å². The number of benzene rings is 1. The second kappa shape index (κ2) is 8.29. The summed E-state index contributed by atoms with van der Waals surface area (Å²) in [4.78, 5) is 21.5. The minimum atomic E-state index is -3.28. The van der Waals surface area contributed by atoms with Gasteiger partial charge in [-0.1, -0.05) is 12.1 Å². The van der Waals surface area contributed by atoms with Gasteiger partial charge in [0.2, 0.25) is 11.6 Å². The van der Waals surface area contributed by atoms with Crippen LogP contribution in [0.25, 0.3) is 0 Å². The molecule has 2 heterocycles. The third-order valence-electron chi connectivity index (χ3n) is 4.52. The molecule has 0 saturated carbocycles. The molecule has 1 saturated heterocycles. The summed E-state index contributed by atoms with van der Waals surface area (Å²) in [6.07, 6.45) is 2.29. The van der Waals surface area contributed by atoms with Gasteiger partial charge in [-0.3, -0.25) is 10.1 Å². The number of morpholine rings is 1. The van der Waals surface area contributed by atoms with Gasteiger partial charge in [0.25, 0.3) is 0 Å². The zero-order valence-electron chi connectivity index (χ0n) is 16.4. The lowest BCUT2D eigenvalue weighted by molar-refractivity contribution is -0.383. The molecule has 1 aliphatic heterocycles. The number of rotatable bonds is 6. The van der Waals surface area contributed by atoms with E-state index in [1.807, 2.05) is 18.7 Å². The summed E-state index contributed by atoms with van der Waals surface area (Å²) in [7, 11) is -3.28. The molecule has 0 bridgehead atoms. The van der Waals surface area contributed by atoms with E-state index in [-0.39, 0.29) is 41.0 Å². The summed E-state index contributed by atoms with van der Waals surface area (Å²) in [6, 6.07) is 6.32. The number of hydrogen-bond donors (Lipinski definition) is 1. The predicted molar refractivity (Wildman–Crippen MR) is 108 cm³/mol. The van der Waals surface area contributed by atoms with Gasteiger partial charge in [-0.2, -0.15) is 0 Å². The number of hydrogen-bond acceptors (Lipinski definition) is 9. The van der Waals surface area contributed by atoms with Crippen molar-refractivity contribution in [2.75, 3.05) is 29.6 Å². The Morgan fingerprint density at radius 2 is 1.83 bits per heavy atom.